The number of sulfone groups is 1. The van der Waals surface area contributed by atoms with Crippen LogP contribution in [0.1, 0.15) is 51.6 Å². The van der Waals surface area contributed by atoms with Crippen molar-refractivity contribution in [3.63, 3.8) is 0 Å². The molecule has 8 heteroatoms. The zero-order valence-electron chi connectivity index (χ0n) is 18.1. The van der Waals surface area contributed by atoms with Gasteiger partial charge >= 0.3 is 0 Å². The summed E-state index contributed by atoms with van der Waals surface area (Å²) in [4.78, 5) is 4.22. The molecule has 1 aromatic rings. The molecule has 0 aliphatic heterocycles. The van der Waals surface area contributed by atoms with Crippen LogP contribution in [0, 0.1) is 17.2 Å². The van der Waals surface area contributed by atoms with E-state index in [1.807, 2.05) is 26.8 Å². The second kappa shape index (κ2) is 9.78. The van der Waals surface area contributed by atoms with Crippen molar-refractivity contribution in [1.29, 1.82) is 0 Å². The molecule has 0 spiro atoms. The summed E-state index contributed by atoms with van der Waals surface area (Å²) in [6.45, 7) is 7.10. The van der Waals surface area contributed by atoms with E-state index in [1.54, 1.807) is 13.1 Å². The lowest BCUT2D eigenvalue weighted by Gasteiger charge is -2.27. The van der Waals surface area contributed by atoms with Gasteiger partial charge in [0.25, 0.3) is 0 Å². The van der Waals surface area contributed by atoms with Gasteiger partial charge in [0.15, 0.2) is 17.5 Å². The molecular formula is C21H34FN3O3S. The first-order chi connectivity index (χ1) is 13.5. The molecule has 1 atom stereocenters. The molecule has 6 nitrogen and oxygen atoms in total. The van der Waals surface area contributed by atoms with Crippen molar-refractivity contribution in [3.05, 3.63) is 29.6 Å². The Bertz CT molecular complexity index is 820. The summed E-state index contributed by atoms with van der Waals surface area (Å²) in [6.07, 6.45) is 4.13. The average Bonchev–Trinajstić information content (AvgIpc) is 3.46. The van der Waals surface area contributed by atoms with Crippen molar-refractivity contribution in [3.8, 4) is 5.75 Å². The molecule has 0 aromatic heterocycles. The Kier molecular flexibility index (Phi) is 7.91. The van der Waals surface area contributed by atoms with Crippen molar-refractivity contribution in [2.45, 2.75) is 46.1 Å². The van der Waals surface area contributed by atoms with Crippen LogP contribution in [0.4, 0.5) is 4.39 Å². The van der Waals surface area contributed by atoms with Gasteiger partial charge in [-0.3, -0.25) is 4.99 Å². The molecule has 1 aromatic carbocycles. The van der Waals surface area contributed by atoms with Gasteiger partial charge in [0, 0.05) is 19.8 Å². The molecule has 0 saturated heterocycles. The van der Waals surface area contributed by atoms with E-state index in [0.717, 1.165) is 18.4 Å². The summed E-state index contributed by atoms with van der Waals surface area (Å²) in [5, 5.41) is 6.49. The number of nitrogens with one attached hydrogen (secondary N) is 2. The zero-order valence-corrected chi connectivity index (χ0v) is 18.9. The fraction of sp³-hybridized carbons (Fsp3) is 0.667. The maximum atomic E-state index is 14.3. The van der Waals surface area contributed by atoms with E-state index in [0.29, 0.717) is 37.2 Å². The van der Waals surface area contributed by atoms with Gasteiger partial charge in [0.05, 0.1) is 18.4 Å². The van der Waals surface area contributed by atoms with Gasteiger partial charge in [-0.25, -0.2) is 12.8 Å². The number of hydrogen-bond donors (Lipinski definition) is 2. The van der Waals surface area contributed by atoms with Crippen LogP contribution in [0.3, 0.4) is 0 Å². The van der Waals surface area contributed by atoms with Gasteiger partial charge in [-0.15, -0.1) is 0 Å². The summed E-state index contributed by atoms with van der Waals surface area (Å²) in [7, 11) is -1.32. The monoisotopic (exact) mass is 427 g/mol. The van der Waals surface area contributed by atoms with Gasteiger partial charge < -0.3 is 15.4 Å². The molecule has 1 fully saturated rings. The van der Waals surface area contributed by atoms with Crippen molar-refractivity contribution >= 4 is 15.8 Å². The summed E-state index contributed by atoms with van der Waals surface area (Å²) in [6, 6.07) is 4.86. The van der Waals surface area contributed by atoms with Crippen LogP contribution in [0.5, 0.6) is 5.75 Å². The topological polar surface area (TPSA) is 79.8 Å². The SMILES string of the molecule is CN=C(NCC(C)(C)CCS(C)(=O)=O)NC(C)c1ccc(OCC2CC2)c(F)c1. The predicted octanol–water partition coefficient (Wildman–Crippen LogP) is 3.30. The quantitative estimate of drug-likeness (QED) is 0.442. The van der Waals surface area contributed by atoms with Crippen molar-refractivity contribution in [1.82, 2.24) is 10.6 Å². The lowest BCUT2D eigenvalue weighted by Crippen LogP contribution is -2.43. The third kappa shape index (κ3) is 8.60. The fourth-order valence-electron chi connectivity index (χ4n) is 2.75. The number of ether oxygens (including phenoxy) is 1. The lowest BCUT2D eigenvalue weighted by atomic mass is 9.90. The van der Waals surface area contributed by atoms with E-state index in [9.17, 15) is 12.8 Å². The highest BCUT2D eigenvalue weighted by atomic mass is 32.2. The molecule has 0 heterocycles. The predicted molar refractivity (Wildman–Crippen MR) is 116 cm³/mol. The molecule has 1 aliphatic rings. The molecule has 0 amide bonds. The minimum absolute atomic E-state index is 0.151. The van der Waals surface area contributed by atoms with E-state index in [4.69, 9.17) is 4.74 Å². The Hall–Kier alpha value is -1.83. The van der Waals surface area contributed by atoms with Gasteiger partial charge in [-0.2, -0.15) is 0 Å². The number of guanidine groups is 1. The normalized spacial score (nSPS) is 16.4. The fourth-order valence-corrected chi connectivity index (χ4v) is 3.68. The van der Waals surface area contributed by atoms with Crippen LogP contribution in [0.2, 0.25) is 0 Å². The number of aliphatic imine (C=N–C) groups is 1. The Morgan fingerprint density at radius 1 is 1.38 bits per heavy atom. The number of benzene rings is 1. The van der Waals surface area contributed by atoms with E-state index in [-0.39, 0.29) is 23.0 Å². The Morgan fingerprint density at radius 3 is 2.62 bits per heavy atom. The van der Waals surface area contributed by atoms with Crippen LogP contribution in [0.15, 0.2) is 23.2 Å². The van der Waals surface area contributed by atoms with E-state index < -0.39 is 9.84 Å². The van der Waals surface area contributed by atoms with Gasteiger partial charge in [0.1, 0.15) is 9.84 Å². The summed E-state index contributed by atoms with van der Waals surface area (Å²) in [5.41, 5.74) is 0.580. The maximum Gasteiger partial charge on any atom is 0.191 e. The second-order valence-corrected chi connectivity index (χ2v) is 11.0. The van der Waals surface area contributed by atoms with Crippen LogP contribution in [-0.2, 0) is 9.84 Å². The average molecular weight is 428 g/mol. The Labute approximate surface area is 174 Å². The number of halogens is 1. The molecular weight excluding hydrogens is 393 g/mol. The minimum Gasteiger partial charge on any atom is -0.490 e. The molecule has 2 rings (SSSR count). The highest BCUT2D eigenvalue weighted by Gasteiger charge is 2.23. The van der Waals surface area contributed by atoms with Crippen molar-refractivity contribution in [2.24, 2.45) is 16.3 Å². The summed E-state index contributed by atoms with van der Waals surface area (Å²) in [5.74, 6) is 1.24. The highest BCUT2D eigenvalue weighted by molar-refractivity contribution is 7.90. The van der Waals surface area contributed by atoms with Crippen LogP contribution in [0.25, 0.3) is 0 Å². The number of rotatable bonds is 10. The van der Waals surface area contributed by atoms with Crippen LogP contribution < -0.4 is 15.4 Å². The summed E-state index contributed by atoms with van der Waals surface area (Å²) >= 11 is 0. The summed E-state index contributed by atoms with van der Waals surface area (Å²) < 4.78 is 42.7. The molecule has 164 valence electrons. The number of nitrogens with zero attached hydrogens (tertiary/aromatic N) is 1. The van der Waals surface area contributed by atoms with E-state index in [2.05, 4.69) is 15.6 Å². The Morgan fingerprint density at radius 2 is 2.07 bits per heavy atom. The third-order valence-corrected chi connectivity index (χ3v) is 6.03. The van der Waals surface area contributed by atoms with Gasteiger partial charge in [-0.05, 0) is 55.2 Å². The van der Waals surface area contributed by atoms with Gasteiger partial charge in [-0.1, -0.05) is 19.9 Å². The minimum atomic E-state index is -2.99. The smallest absolute Gasteiger partial charge is 0.191 e. The lowest BCUT2D eigenvalue weighted by molar-refractivity contribution is 0.285. The van der Waals surface area contributed by atoms with Gasteiger partial charge in [0.2, 0.25) is 0 Å². The molecule has 1 unspecified atom stereocenters. The first-order valence-corrected chi connectivity index (χ1v) is 12.1. The zero-order chi connectivity index (χ0) is 21.7. The molecule has 0 bridgehead atoms. The molecule has 2 N–H and O–H groups in total. The molecule has 0 radical (unpaired) electrons. The Balaban J connectivity index is 1.88. The van der Waals surface area contributed by atoms with Crippen LogP contribution in [-0.4, -0.2) is 46.6 Å². The molecule has 1 saturated carbocycles. The standard InChI is InChI=1S/C21H34FN3O3S/c1-15(17-8-9-19(18(22)12-17)28-13-16-6-7-16)25-20(23-4)24-14-21(2,3)10-11-29(5,26)27/h8-9,12,15-16H,6-7,10-11,13-14H2,1-5H3,(H2,23,24,25). The third-order valence-electron chi connectivity index (χ3n) is 5.09. The molecule has 29 heavy (non-hydrogen) atoms. The van der Waals surface area contributed by atoms with Crippen molar-refractivity contribution < 1.29 is 17.5 Å². The molecule has 1 aliphatic carbocycles. The van der Waals surface area contributed by atoms with Crippen molar-refractivity contribution in [2.75, 3.05) is 32.2 Å². The first-order valence-electron chi connectivity index (χ1n) is 10.1. The maximum absolute atomic E-state index is 14.3. The second-order valence-electron chi connectivity index (χ2n) is 8.78. The number of hydrogen-bond acceptors (Lipinski definition) is 4. The highest BCUT2D eigenvalue weighted by Crippen LogP contribution is 2.30. The van der Waals surface area contributed by atoms with E-state index in [1.165, 1.54) is 12.3 Å². The first kappa shape index (κ1) is 23.4. The largest absolute Gasteiger partial charge is 0.490 e. The van der Waals surface area contributed by atoms with E-state index >= 15 is 0 Å². The van der Waals surface area contributed by atoms with Crippen LogP contribution >= 0.6 is 0 Å².